The molecular weight excluding hydrogens is 564 g/mol. The van der Waals surface area contributed by atoms with Gasteiger partial charge in [0.05, 0.1) is 42.0 Å². The molecule has 244 valence electrons. The monoisotopic (exact) mass is 614 g/mol. The van der Waals surface area contributed by atoms with E-state index < -0.39 is 47.6 Å². The second-order valence-corrected chi connectivity index (χ2v) is 12.9. The maximum absolute atomic E-state index is 12.9. The van der Waals surface area contributed by atoms with Gasteiger partial charge in [0.2, 0.25) is 0 Å². The summed E-state index contributed by atoms with van der Waals surface area (Å²) in [5, 5.41) is 42.9. The second kappa shape index (κ2) is 15.5. The number of benzene rings is 1. The standard InChI is InChI=1S/C35H50O9/c1-7-27(37)24(4)32-28(42-32)21-34(5,40)18-11-12-22(2)31-23(3)15-16-29(43-33(39)25-13-9-8-10-14-25)35(6,41)19-17-26(36)20-30(38)44-31/h8-16,18,23-24,26-29,31-32,36-37,40-41H,7,17,19-21H2,1-6H3/b16-15+,18-11+,22-12+. The highest BCUT2D eigenvalue weighted by Crippen LogP contribution is 2.37. The van der Waals surface area contributed by atoms with Gasteiger partial charge in [-0.2, -0.15) is 0 Å². The first-order chi connectivity index (χ1) is 20.6. The van der Waals surface area contributed by atoms with Gasteiger partial charge in [0.25, 0.3) is 0 Å². The Labute approximate surface area is 261 Å². The smallest absolute Gasteiger partial charge is 0.338 e. The van der Waals surface area contributed by atoms with Gasteiger partial charge in [-0.1, -0.05) is 63.3 Å². The third-order valence-electron chi connectivity index (χ3n) is 8.61. The zero-order chi connectivity index (χ0) is 32.7. The maximum atomic E-state index is 12.9. The number of aliphatic hydroxyl groups is 4. The molecule has 9 nitrogen and oxygen atoms in total. The molecule has 1 saturated heterocycles. The molecule has 0 amide bonds. The molecule has 0 saturated carbocycles. The quantitative estimate of drug-likeness (QED) is 0.130. The number of esters is 2. The molecule has 2 aliphatic heterocycles. The van der Waals surface area contributed by atoms with Crippen LogP contribution in [0.4, 0.5) is 0 Å². The summed E-state index contributed by atoms with van der Waals surface area (Å²) in [6, 6.07) is 8.50. The van der Waals surface area contributed by atoms with Crippen molar-refractivity contribution in [2.45, 2.75) is 121 Å². The number of aliphatic hydroxyl groups excluding tert-OH is 2. The van der Waals surface area contributed by atoms with Crippen molar-refractivity contribution in [1.29, 1.82) is 0 Å². The van der Waals surface area contributed by atoms with Crippen molar-refractivity contribution < 1.29 is 44.2 Å². The van der Waals surface area contributed by atoms with E-state index in [4.69, 9.17) is 14.2 Å². The van der Waals surface area contributed by atoms with E-state index in [1.54, 1.807) is 81.5 Å². The van der Waals surface area contributed by atoms with Gasteiger partial charge < -0.3 is 34.6 Å². The minimum absolute atomic E-state index is 0.0130. The Kier molecular flexibility index (Phi) is 12.5. The Morgan fingerprint density at radius 2 is 1.93 bits per heavy atom. The number of hydrogen-bond acceptors (Lipinski definition) is 9. The largest absolute Gasteiger partial charge is 0.457 e. The van der Waals surface area contributed by atoms with Crippen LogP contribution in [0, 0.1) is 11.8 Å². The SMILES string of the molecule is CCC(O)C(C)C1OC1CC(C)(O)/C=C/C=C(\C)C1OC(=O)CC(O)CCC(C)(O)C(OC(=O)c2ccccc2)/C=C/C1C. The summed E-state index contributed by atoms with van der Waals surface area (Å²) >= 11 is 0. The zero-order valence-corrected chi connectivity index (χ0v) is 26.8. The van der Waals surface area contributed by atoms with Crippen molar-refractivity contribution in [3.05, 3.63) is 71.8 Å². The Hall–Kier alpha value is -2.82. The van der Waals surface area contributed by atoms with E-state index in [9.17, 15) is 30.0 Å². The van der Waals surface area contributed by atoms with Crippen molar-refractivity contribution in [2.24, 2.45) is 11.8 Å². The van der Waals surface area contributed by atoms with Crippen molar-refractivity contribution in [3.63, 3.8) is 0 Å². The number of ether oxygens (including phenoxy) is 3. The molecule has 0 aromatic heterocycles. The molecule has 4 N–H and O–H groups in total. The number of cyclic esters (lactones) is 1. The van der Waals surface area contributed by atoms with Crippen molar-refractivity contribution in [2.75, 3.05) is 0 Å². The second-order valence-electron chi connectivity index (χ2n) is 12.9. The highest BCUT2D eigenvalue weighted by Gasteiger charge is 2.47. The fourth-order valence-corrected chi connectivity index (χ4v) is 5.56. The average molecular weight is 615 g/mol. The van der Waals surface area contributed by atoms with Gasteiger partial charge >= 0.3 is 11.9 Å². The highest BCUT2D eigenvalue weighted by atomic mass is 16.6. The van der Waals surface area contributed by atoms with Crippen LogP contribution < -0.4 is 0 Å². The molecule has 44 heavy (non-hydrogen) atoms. The lowest BCUT2D eigenvalue weighted by atomic mass is 9.88. The van der Waals surface area contributed by atoms with Gasteiger partial charge in [-0.3, -0.25) is 4.79 Å². The molecule has 2 aliphatic rings. The number of hydrogen-bond donors (Lipinski definition) is 4. The first-order valence-electron chi connectivity index (χ1n) is 15.6. The summed E-state index contributed by atoms with van der Waals surface area (Å²) in [5.74, 6) is -1.56. The number of carbonyl (C=O) groups excluding carboxylic acids is 2. The molecule has 1 aromatic carbocycles. The summed E-state index contributed by atoms with van der Waals surface area (Å²) < 4.78 is 17.3. The van der Waals surface area contributed by atoms with Crippen LogP contribution in [0.3, 0.4) is 0 Å². The lowest BCUT2D eigenvalue weighted by molar-refractivity contribution is -0.151. The van der Waals surface area contributed by atoms with E-state index in [2.05, 4.69) is 0 Å². The minimum atomic E-state index is -1.50. The first-order valence-corrected chi connectivity index (χ1v) is 15.6. The van der Waals surface area contributed by atoms with E-state index in [0.29, 0.717) is 24.0 Å². The van der Waals surface area contributed by atoms with Gasteiger partial charge in [-0.25, -0.2) is 4.79 Å². The fraction of sp³-hybridized carbons (Fsp3) is 0.600. The maximum Gasteiger partial charge on any atom is 0.338 e. The summed E-state index contributed by atoms with van der Waals surface area (Å²) in [4.78, 5) is 25.6. The summed E-state index contributed by atoms with van der Waals surface area (Å²) in [7, 11) is 0. The minimum Gasteiger partial charge on any atom is -0.457 e. The van der Waals surface area contributed by atoms with Crippen LogP contribution in [0.25, 0.3) is 0 Å². The van der Waals surface area contributed by atoms with Gasteiger partial charge in [0.1, 0.15) is 17.8 Å². The van der Waals surface area contributed by atoms with Crippen LogP contribution in [0.5, 0.6) is 0 Å². The highest BCUT2D eigenvalue weighted by molar-refractivity contribution is 5.89. The van der Waals surface area contributed by atoms with Gasteiger partial charge in [-0.05, 0) is 63.8 Å². The van der Waals surface area contributed by atoms with Crippen molar-refractivity contribution >= 4 is 11.9 Å². The van der Waals surface area contributed by atoms with Gasteiger partial charge in [0.15, 0.2) is 0 Å². The molecule has 10 atom stereocenters. The Morgan fingerprint density at radius 3 is 2.59 bits per heavy atom. The van der Waals surface area contributed by atoms with E-state index in [1.807, 2.05) is 20.8 Å². The van der Waals surface area contributed by atoms with Gasteiger partial charge in [-0.15, -0.1) is 0 Å². The summed E-state index contributed by atoms with van der Waals surface area (Å²) in [6.07, 6.45) is 6.00. The fourth-order valence-electron chi connectivity index (χ4n) is 5.56. The number of epoxide rings is 1. The Balaban J connectivity index is 1.77. The lowest BCUT2D eigenvalue weighted by Crippen LogP contribution is -2.42. The predicted octanol–water partition coefficient (Wildman–Crippen LogP) is 4.43. The van der Waals surface area contributed by atoms with Crippen molar-refractivity contribution in [3.8, 4) is 0 Å². The average Bonchev–Trinajstić information content (AvgIpc) is 3.73. The van der Waals surface area contributed by atoms with Crippen LogP contribution >= 0.6 is 0 Å². The Morgan fingerprint density at radius 1 is 1.25 bits per heavy atom. The lowest BCUT2D eigenvalue weighted by Gasteiger charge is -2.32. The van der Waals surface area contributed by atoms with E-state index in [0.717, 1.165) is 0 Å². The van der Waals surface area contributed by atoms with Crippen LogP contribution in [0.2, 0.25) is 0 Å². The molecule has 0 aliphatic carbocycles. The van der Waals surface area contributed by atoms with Gasteiger partial charge in [0, 0.05) is 18.3 Å². The number of rotatable bonds is 10. The van der Waals surface area contributed by atoms with E-state index >= 15 is 0 Å². The molecule has 9 heteroatoms. The Bertz CT molecular complexity index is 1190. The molecule has 2 heterocycles. The molecule has 1 fully saturated rings. The third kappa shape index (κ3) is 10.4. The van der Waals surface area contributed by atoms with Crippen LogP contribution in [-0.4, -0.2) is 80.2 Å². The number of carbonyl (C=O) groups is 2. The molecular formula is C35H50O9. The first kappa shape index (κ1) is 35.7. The van der Waals surface area contributed by atoms with E-state index in [-0.39, 0.29) is 43.3 Å². The normalized spacial score (nSPS) is 33.7. The summed E-state index contributed by atoms with van der Waals surface area (Å²) in [6.45, 7) is 10.8. The van der Waals surface area contributed by atoms with Crippen LogP contribution in [-0.2, 0) is 19.0 Å². The van der Waals surface area contributed by atoms with Crippen LogP contribution in [0.15, 0.2) is 66.3 Å². The molecule has 10 unspecified atom stereocenters. The molecule has 3 rings (SSSR count). The molecule has 0 radical (unpaired) electrons. The molecule has 0 spiro atoms. The number of allylic oxidation sites excluding steroid dienone is 2. The topological polar surface area (TPSA) is 146 Å². The third-order valence-corrected chi connectivity index (χ3v) is 8.61. The van der Waals surface area contributed by atoms with Crippen molar-refractivity contribution in [1.82, 2.24) is 0 Å². The molecule has 0 bridgehead atoms. The summed E-state index contributed by atoms with van der Waals surface area (Å²) in [5.41, 5.74) is -1.62. The zero-order valence-electron chi connectivity index (χ0n) is 26.8. The van der Waals surface area contributed by atoms with Crippen LogP contribution in [0.1, 0.15) is 84.0 Å². The van der Waals surface area contributed by atoms with E-state index in [1.165, 1.54) is 0 Å². The predicted molar refractivity (Wildman–Crippen MR) is 167 cm³/mol. The molecule has 1 aromatic rings.